The van der Waals surface area contributed by atoms with Crippen molar-refractivity contribution in [1.29, 1.82) is 0 Å². The standard InChI is InChI=1S/C19H17BrN8O2/c20-13-4-2-1-3-10(13)8-21-17-25-15-11(7-14-16(29)26-19(30)24-14)9-22-28(15)18(27-17)23-12-5-6-12/h1-4,7,9,12,29H,5-6,8H2,(H,21,23,27)(H2,24,26,30). The second-order valence-corrected chi connectivity index (χ2v) is 7.83. The van der Waals surface area contributed by atoms with Crippen LogP contribution in [0.25, 0.3) is 11.7 Å². The number of hydrogen-bond donors (Lipinski definition) is 4. The van der Waals surface area contributed by atoms with Crippen molar-refractivity contribution in [3.8, 4) is 5.88 Å². The molecule has 0 spiro atoms. The number of anilines is 1. The van der Waals surface area contributed by atoms with Gasteiger partial charge in [-0.15, -0.1) is 0 Å². The topological polar surface area (TPSA) is 136 Å². The lowest BCUT2D eigenvalue weighted by Gasteiger charge is -2.07. The van der Waals surface area contributed by atoms with Crippen LogP contribution in [0, 0.1) is 0 Å². The minimum Gasteiger partial charge on any atom is -0.493 e. The summed E-state index contributed by atoms with van der Waals surface area (Å²) >= 11 is 3.54. The molecule has 0 saturated heterocycles. The summed E-state index contributed by atoms with van der Waals surface area (Å²) in [6.45, 7) is 0.527. The average Bonchev–Trinajstić information content (AvgIpc) is 3.36. The van der Waals surface area contributed by atoms with Gasteiger partial charge in [-0.05, 0) is 30.5 Å². The number of fused-ring (bicyclic) bond motifs is 1. The van der Waals surface area contributed by atoms with E-state index in [2.05, 4.69) is 51.3 Å². The van der Waals surface area contributed by atoms with E-state index in [0.29, 0.717) is 29.0 Å². The third-order valence-corrected chi connectivity index (χ3v) is 5.43. The average molecular weight is 469 g/mol. The molecule has 1 aliphatic rings. The van der Waals surface area contributed by atoms with Gasteiger partial charge in [0.2, 0.25) is 11.8 Å². The summed E-state index contributed by atoms with van der Waals surface area (Å²) in [5.41, 5.74) is 1.79. The number of hydrogen-bond acceptors (Lipinski definition) is 7. The number of nitrogens with one attached hydrogen (secondary N) is 3. The number of nitrogens with zero attached hydrogens (tertiary/aromatic N) is 5. The first-order valence-corrected chi connectivity index (χ1v) is 10.2. The lowest BCUT2D eigenvalue weighted by molar-refractivity contribution is 0.454. The van der Waals surface area contributed by atoms with E-state index in [4.69, 9.17) is 0 Å². The minimum atomic E-state index is -0.495. The molecule has 0 aliphatic heterocycles. The highest BCUT2D eigenvalue weighted by Crippen LogP contribution is 2.22. The molecule has 1 saturated carbocycles. The summed E-state index contributed by atoms with van der Waals surface area (Å²) in [5.74, 6) is 0.170. The first kappa shape index (κ1) is 18.6. The molecule has 4 aromatic rings. The van der Waals surface area contributed by atoms with Crippen molar-refractivity contribution in [1.82, 2.24) is 29.5 Å². The highest BCUT2D eigenvalue weighted by molar-refractivity contribution is 9.10. The summed E-state index contributed by atoms with van der Waals surface area (Å²) in [6, 6.07) is 8.16. The molecule has 4 N–H and O–H groups in total. The molecule has 1 aromatic carbocycles. The largest absolute Gasteiger partial charge is 0.493 e. The predicted octanol–water partition coefficient (Wildman–Crippen LogP) is 0.832. The number of rotatable bonds is 5. The highest BCUT2D eigenvalue weighted by Gasteiger charge is 2.21. The zero-order chi connectivity index (χ0) is 20.7. The lowest BCUT2D eigenvalue weighted by Crippen LogP contribution is -2.24. The van der Waals surface area contributed by atoms with Crippen molar-refractivity contribution < 1.29 is 5.11 Å². The monoisotopic (exact) mass is 468 g/mol. The number of benzene rings is 1. The van der Waals surface area contributed by atoms with Crippen LogP contribution in [0.2, 0.25) is 0 Å². The molecule has 3 aromatic heterocycles. The molecule has 30 heavy (non-hydrogen) atoms. The van der Waals surface area contributed by atoms with Crippen LogP contribution >= 0.6 is 15.9 Å². The number of H-pyrrole nitrogens is 2. The number of aromatic hydroxyl groups is 1. The van der Waals surface area contributed by atoms with Crippen molar-refractivity contribution in [2.75, 3.05) is 5.32 Å². The second-order valence-electron chi connectivity index (χ2n) is 6.97. The maximum atomic E-state index is 11.4. The predicted molar refractivity (Wildman–Crippen MR) is 113 cm³/mol. The van der Waals surface area contributed by atoms with E-state index in [1.807, 2.05) is 24.3 Å². The van der Waals surface area contributed by atoms with E-state index in [0.717, 1.165) is 22.9 Å². The lowest BCUT2D eigenvalue weighted by atomic mass is 10.2. The van der Waals surface area contributed by atoms with E-state index >= 15 is 0 Å². The molecule has 3 heterocycles. The van der Waals surface area contributed by atoms with Crippen LogP contribution in [0.4, 0.5) is 5.95 Å². The molecule has 0 amide bonds. The SMILES string of the molecule is O=c1[nH]c(O)c(C=c2cnn3c(=NC4CC4)nc(NCc4ccccc4Br)nc23)[nH]1. The highest BCUT2D eigenvalue weighted by atomic mass is 79.9. The van der Waals surface area contributed by atoms with Gasteiger partial charge in [0.1, 0.15) is 5.69 Å². The molecule has 11 heteroatoms. The zero-order valence-electron chi connectivity index (χ0n) is 15.6. The van der Waals surface area contributed by atoms with Crippen LogP contribution < -0.4 is 21.8 Å². The summed E-state index contributed by atoms with van der Waals surface area (Å²) in [5, 5.41) is 18.1. The van der Waals surface area contributed by atoms with Crippen molar-refractivity contribution in [2.24, 2.45) is 4.99 Å². The number of imidazole rings is 1. The van der Waals surface area contributed by atoms with Crippen molar-refractivity contribution in [3.63, 3.8) is 0 Å². The minimum absolute atomic E-state index is 0.247. The molecule has 0 unspecified atom stereocenters. The van der Waals surface area contributed by atoms with Gasteiger partial charge in [0.05, 0.1) is 12.2 Å². The van der Waals surface area contributed by atoms with Gasteiger partial charge in [-0.25, -0.2) is 9.79 Å². The van der Waals surface area contributed by atoms with E-state index in [1.54, 1.807) is 16.8 Å². The molecule has 152 valence electrons. The van der Waals surface area contributed by atoms with Crippen LogP contribution in [0.5, 0.6) is 5.88 Å². The molecule has 1 aliphatic carbocycles. The summed E-state index contributed by atoms with van der Waals surface area (Å²) in [7, 11) is 0. The smallest absolute Gasteiger partial charge is 0.326 e. The molecular weight excluding hydrogens is 452 g/mol. The third kappa shape index (κ3) is 3.71. The molecule has 5 rings (SSSR count). The Morgan fingerprint density at radius 3 is 2.87 bits per heavy atom. The summed E-state index contributed by atoms with van der Waals surface area (Å²) in [4.78, 5) is 30.0. The van der Waals surface area contributed by atoms with Gasteiger partial charge in [-0.1, -0.05) is 34.1 Å². The molecule has 1 fully saturated rings. The van der Waals surface area contributed by atoms with Crippen LogP contribution in [-0.2, 0) is 6.54 Å². The maximum Gasteiger partial charge on any atom is 0.326 e. The molecule has 0 bridgehead atoms. The van der Waals surface area contributed by atoms with Gasteiger partial charge in [0.15, 0.2) is 5.65 Å². The first-order chi connectivity index (χ1) is 14.6. The van der Waals surface area contributed by atoms with Gasteiger partial charge >= 0.3 is 5.69 Å². The quantitative estimate of drug-likeness (QED) is 0.342. The van der Waals surface area contributed by atoms with E-state index < -0.39 is 5.69 Å². The number of aromatic nitrogens is 6. The fraction of sp³-hybridized carbons (Fsp3) is 0.211. The Labute approximate surface area is 177 Å². The first-order valence-electron chi connectivity index (χ1n) is 9.37. The van der Waals surface area contributed by atoms with Gasteiger partial charge in [0.25, 0.3) is 5.62 Å². The zero-order valence-corrected chi connectivity index (χ0v) is 17.2. The van der Waals surface area contributed by atoms with Gasteiger partial charge in [0, 0.05) is 16.2 Å². The third-order valence-electron chi connectivity index (χ3n) is 4.65. The van der Waals surface area contributed by atoms with Gasteiger partial charge < -0.3 is 15.4 Å². The van der Waals surface area contributed by atoms with E-state index in [1.165, 1.54) is 0 Å². The van der Waals surface area contributed by atoms with Crippen molar-refractivity contribution >= 4 is 33.6 Å². The Balaban J connectivity index is 1.60. The van der Waals surface area contributed by atoms with Crippen LogP contribution in [0.3, 0.4) is 0 Å². The Hall–Kier alpha value is -3.47. The molecule has 0 radical (unpaired) electrons. The van der Waals surface area contributed by atoms with Gasteiger partial charge in [-0.3, -0.25) is 4.98 Å². The van der Waals surface area contributed by atoms with Crippen LogP contribution in [0.15, 0.2) is 44.7 Å². The second kappa shape index (κ2) is 7.41. The molecule has 10 nitrogen and oxygen atoms in total. The van der Waals surface area contributed by atoms with Crippen LogP contribution in [0.1, 0.15) is 24.1 Å². The summed E-state index contributed by atoms with van der Waals surface area (Å²) < 4.78 is 2.56. The fourth-order valence-electron chi connectivity index (χ4n) is 2.98. The van der Waals surface area contributed by atoms with Crippen molar-refractivity contribution in [3.05, 3.63) is 67.5 Å². The van der Waals surface area contributed by atoms with E-state index in [-0.39, 0.29) is 17.6 Å². The molecular formula is C19H17BrN8O2. The Bertz CT molecular complexity index is 1420. The van der Waals surface area contributed by atoms with Crippen molar-refractivity contribution in [2.45, 2.75) is 25.4 Å². The Morgan fingerprint density at radius 1 is 1.30 bits per heavy atom. The van der Waals surface area contributed by atoms with E-state index in [9.17, 15) is 9.90 Å². The van der Waals surface area contributed by atoms with Crippen LogP contribution in [-0.4, -0.2) is 40.7 Å². The number of halogens is 1. The Kier molecular flexibility index (Phi) is 4.58. The number of aromatic amines is 2. The fourth-order valence-corrected chi connectivity index (χ4v) is 3.40. The Morgan fingerprint density at radius 2 is 2.13 bits per heavy atom. The maximum absolute atomic E-state index is 11.4. The molecule has 0 atom stereocenters. The van der Waals surface area contributed by atoms with Gasteiger partial charge in [-0.2, -0.15) is 19.6 Å². The normalized spacial score (nSPS) is 15.2. The summed E-state index contributed by atoms with van der Waals surface area (Å²) in [6.07, 6.45) is 5.26.